The average molecular weight is 277 g/mol. The van der Waals surface area contributed by atoms with Gasteiger partial charge in [0.15, 0.2) is 5.82 Å². The highest BCUT2D eigenvalue weighted by Gasteiger charge is 2.29. The number of benzene rings is 1. The molecule has 1 aliphatic rings. The van der Waals surface area contributed by atoms with Crippen LogP contribution in [0.2, 0.25) is 0 Å². The molecule has 6 heteroatoms. The number of nitrogens with one attached hydrogen (secondary N) is 1. The summed E-state index contributed by atoms with van der Waals surface area (Å²) in [6, 6.07) is 7.98. The lowest BCUT2D eigenvalue weighted by molar-refractivity contribution is -0.117. The van der Waals surface area contributed by atoms with E-state index in [-0.39, 0.29) is 17.0 Å². The standard InChI is InChI=1S/C13H12FN3OS/c14-9-3-1-2-8(4-9)11-6-12(16-15-11)17-7-10(19)5-13(17)18/h1-4,6,10,19H,5,7H2,(H,15,16). The molecule has 1 unspecified atom stereocenters. The van der Waals surface area contributed by atoms with Gasteiger partial charge in [-0.25, -0.2) is 4.39 Å². The van der Waals surface area contributed by atoms with E-state index in [9.17, 15) is 9.18 Å². The lowest BCUT2D eigenvalue weighted by atomic mass is 10.1. The number of hydrogen-bond donors (Lipinski definition) is 2. The van der Waals surface area contributed by atoms with E-state index in [1.165, 1.54) is 12.1 Å². The minimum Gasteiger partial charge on any atom is -0.294 e. The number of halogens is 1. The van der Waals surface area contributed by atoms with Crippen LogP contribution < -0.4 is 4.90 Å². The summed E-state index contributed by atoms with van der Waals surface area (Å²) in [6.45, 7) is 0.551. The maximum absolute atomic E-state index is 13.2. The number of carbonyl (C=O) groups excluding carboxylic acids is 1. The second-order valence-corrected chi connectivity index (χ2v) is 5.24. The van der Waals surface area contributed by atoms with Gasteiger partial charge in [-0.05, 0) is 12.1 Å². The van der Waals surface area contributed by atoms with Crippen LogP contribution >= 0.6 is 12.6 Å². The summed E-state index contributed by atoms with van der Waals surface area (Å²) in [6.07, 6.45) is 0.422. The first-order valence-electron chi connectivity index (χ1n) is 5.93. The Balaban J connectivity index is 1.90. The minimum absolute atomic E-state index is 0.0114. The molecule has 1 fully saturated rings. The molecule has 0 spiro atoms. The lowest BCUT2D eigenvalue weighted by Gasteiger charge is -2.11. The molecule has 19 heavy (non-hydrogen) atoms. The Morgan fingerprint density at radius 2 is 2.26 bits per heavy atom. The van der Waals surface area contributed by atoms with E-state index in [1.807, 2.05) is 0 Å². The molecule has 1 aliphatic heterocycles. The zero-order valence-corrected chi connectivity index (χ0v) is 10.9. The smallest absolute Gasteiger partial charge is 0.229 e. The molecule has 0 radical (unpaired) electrons. The van der Waals surface area contributed by atoms with Crippen molar-refractivity contribution in [3.63, 3.8) is 0 Å². The van der Waals surface area contributed by atoms with Gasteiger partial charge >= 0.3 is 0 Å². The van der Waals surface area contributed by atoms with Crippen molar-refractivity contribution in [2.24, 2.45) is 0 Å². The van der Waals surface area contributed by atoms with Gasteiger partial charge in [-0.1, -0.05) is 12.1 Å². The highest BCUT2D eigenvalue weighted by molar-refractivity contribution is 7.81. The fraction of sp³-hybridized carbons (Fsp3) is 0.231. The summed E-state index contributed by atoms with van der Waals surface area (Å²) in [5, 5.41) is 6.98. The van der Waals surface area contributed by atoms with Crippen molar-refractivity contribution in [1.82, 2.24) is 10.2 Å². The van der Waals surface area contributed by atoms with Crippen molar-refractivity contribution in [3.05, 3.63) is 36.1 Å². The molecule has 0 bridgehead atoms. The molecule has 2 heterocycles. The molecular weight excluding hydrogens is 265 g/mol. The Bertz CT molecular complexity index is 628. The zero-order chi connectivity index (χ0) is 13.4. The van der Waals surface area contributed by atoms with Gasteiger partial charge < -0.3 is 0 Å². The fourth-order valence-electron chi connectivity index (χ4n) is 2.16. The van der Waals surface area contributed by atoms with Gasteiger partial charge in [0, 0.05) is 29.8 Å². The Hall–Kier alpha value is -1.82. The third-order valence-electron chi connectivity index (χ3n) is 3.08. The third kappa shape index (κ3) is 2.35. The summed E-state index contributed by atoms with van der Waals surface area (Å²) < 4.78 is 13.2. The van der Waals surface area contributed by atoms with E-state index >= 15 is 0 Å². The number of aromatic amines is 1. The summed E-state index contributed by atoms with van der Waals surface area (Å²) in [4.78, 5) is 13.3. The summed E-state index contributed by atoms with van der Waals surface area (Å²) >= 11 is 4.30. The van der Waals surface area contributed by atoms with Crippen molar-refractivity contribution in [2.45, 2.75) is 11.7 Å². The largest absolute Gasteiger partial charge is 0.294 e. The van der Waals surface area contributed by atoms with Gasteiger partial charge in [-0.2, -0.15) is 17.7 Å². The van der Waals surface area contributed by atoms with Crippen LogP contribution in [0.25, 0.3) is 11.3 Å². The summed E-state index contributed by atoms with van der Waals surface area (Å²) in [5.74, 6) is 0.263. The number of anilines is 1. The number of rotatable bonds is 2. The van der Waals surface area contributed by atoms with Crippen LogP contribution in [-0.4, -0.2) is 27.9 Å². The Morgan fingerprint density at radius 3 is 2.95 bits per heavy atom. The molecule has 98 valence electrons. The number of thiol groups is 1. The third-order valence-corrected chi connectivity index (χ3v) is 3.43. The average Bonchev–Trinajstić information content (AvgIpc) is 2.96. The first kappa shape index (κ1) is 12.2. The predicted octanol–water partition coefficient (Wildman–Crippen LogP) is 2.25. The van der Waals surface area contributed by atoms with Crippen molar-refractivity contribution < 1.29 is 9.18 Å². The number of carbonyl (C=O) groups is 1. The maximum Gasteiger partial charge on any atom is 0.229 e. The Kier molecular flexibility index (Phi) is 3.02. The minimum atomic E-state index is -0.304. The van der Waals surface area contributed by atoms with E-state index in [1.54, 1.807) is 23.1 Å². The highest BCUT2D eigenvalue weighted by atomic mass is 32.1. The molecule has 4 nitrogen and oxygen atoms in total. The van der Waals surface area contributed by atoms with Crippen molar-refractivity contribution >= 4 is 24.4 Å². The summed E-state index contributed by atoms with van der Waals surface area (Å²) in [7, 11) is 0. The molecule has 3 rings (SSSR count). The van der Waals surface area contributed by atoms with E-state index in [4.69, 9.17) is 0 Å². The Labute approximate surface area is 115 Å². The molecule has 1 aromatic heterocycles. The van der Waals surface area contributed by atoms with Gasteiger partial charge in [0.1, 0.15) is 5.82 Å². The van der Waals surface area contributed by atoms with Gasteiger partial charge in [0.2, 0.25) is 5.91 Å². The number of hydrogen-bond acceptors (Lipinski definition) is 3. The molecule has 1 aromatic carbocycles. The molecule has 0 saturated carbocycles. The lowest BCUT2D eigenvalue weighted by Crippen LogP contribution is -2.24. The molecule has 1 N–H and O–H groups in total. The monoisotopic (exact) mass is 277 g/mol. The van der Waals surface area contributed by atoms with Crippen LogP contribution in [0.15, 0.2) is 30.3 Å². The first-order chi connectivity index (χ1) is 9.13. The predicted molar refractivity (Wildman–Crippen MR) is 73.7 cm³/mol. The van der Waals surface area contributed by atoms with Crippen LogP contribution in [0, 0.1) is 5.82 Å². The zero-order valence-electron chi connectivity index (χ0n) is 10.0. The SMILES string of the molecule is O=C1CC(S)CN1c1cc(-c2cccc(F)c2)[nH]n1. The van der Waals surface area contributed by atoms with E-state index in [0.29, 0.717) is 30.0 Å². The second kappa shape index (κ2) is 4.70. The van der Waals surface area contributed by atoms with Crippen molar-refractivity contribution in [2.75, 3.05) is 11.4 Å². The van der Waals surface area contributed by atoms with Gasteiger partial charge in [-0.15, -0.1) is 0 Å². The number of H-pyrrole nitrogens is 1. The van der Waals surface area contributed by atoms with Gasteiger partial charge in [-0.3, -0.25) is 14.8 Å². The van der Waals surface area contributed by atoms with E-state index in [2.05, 4.69) is 22.8 Å². The number of aromatic nitrogens is 2. The number of nitrogens with zero attached hydrogens (tertiary/aromatic N) is 2. The second-order valence-electron chi connectivity index (χ2n) is 4.51. The van der Waals surface area contributed by atoms with Crippen LogP contribution in [0.1, 0.15) is 6.42 Å². The normalized spacial score (nSPS) is 19.2. The van der Waals surface area contributed by atoms with E-state index < -0.39 is 0 Å². The Morgan fingerprint density at radius 1 is 1.42 bits per heavy atom. The highest BCUT2D eigenvalue weighted by Crippen LogP contribution is 2.26. The molecule has 1 atom stereocenters. The number of amides is 1. The topological polar surface area (TPSA) is 49.0 Å². The quantitative estimate of drug-likeness (QED) is 0.827. The van der Waals surface area contributed by atoms with Crippen molar-refractivity contribution in [1.29, 1.82) is 0 Å². The van der Waals surface area contributed by atoms with Gasteiger partial charge in [0.05, 0.1) is 5.69 Å². The molecule has 0 aliphatic carbocycles. The molecule has 2 aromatic rings. The van der Waals surface area contributed by atoms with Gasteiger partial charge in [0.25, 0.3) is 0 Å². The van der Waals surface area contributed by atoms with Crippen LogP contribution in [0.5, 0.6) is 0 Å². The molecule has 1 amide bonds. The molecular formula is C13H12FN3OS. The van der Waals surface area contributed by atoms with Crippen LogP contribution in [0.3, 0.4) is 0 Å². The fourth-order valence-corrected chi connectivity index (χ4v) is 2.48. The van der Waals surface area contributed by atoms with Crippen LogP contribution in [-0.2, 0) is 4.79 Å². The summed E-state index contributed by atoms with van der Waals surface area (Å²) in [5.41, 5.74) is 1.39. The van der Waals surface area contributed by atoms with Crippen molar-refractivity contribution in [3.8, 4) is 11.3 Å². The van der Waals surface area contributed by atoms with E-state index in [0.717, 1.165) is 0 Å². The first-order valence-corrected chi connectivity index (χ1v) is 6.45. The molecule has 1 saturated heterocycles. The van der Waals surface area contributed by atoms with Crippen LogP contribution in [0.4, 0.5) is 10.2 Å². The maximum atomic E-state index is 13.2.